The van der Waals surface area contributed by atoms with E-state index in [1.807, 2.05) is 36.4 Å². The summed E-state index contributed by atoms with van der Waals surface area (Å²) < 4.78 is 6.32. The smallest absolute Gasteiger partial charge is 0.146 e. The molecular formula is C27H23N3O. The van der Waals surface area contributed by atoms with Crippen molar-refractivity contribution in [2.45, 2.75) is 20.8 Å². The number of para-hydroxylation sites is 1. The number of hydrogen-bond donors (Lipinski definition) is 1. The molecule has 4 nitrogen and oxygen atoms in total. The van der Waals surface area contributed by atoms with Gasteiger partial charge in [-0.3, -0.25) is 5.43 Å². The Balaban J connectivity index is 1.66. The van der Waals surface area contributed by atoms with Crippen LogP contribution in [0.25, 0.3) is 33.2 Å². The Hall–Kier alpha value is -3.92. The number of aromatic nitrogens is 1. The normalized spacial score (nSPS) is 11.9. The van der Waals surface area contributed by atoms with Crippen LogP contribution < -0.4 is 10.8 Å². The van der Waals surface area contributed by atoms with Crippen molar-refractivity contribution in [3.63, 3.8) is 0 Å². The number of fused-ring (bicyclic) bond motifs is 2. The summed E-state index contributed by atoms with van der Waals surface area (Å²) in [6.45, 7) is 6.23. The minimum Gasteiger partial charge on any atom is -0.456 e. The average Bonchev–Trinajstić information content (AvgIpc) is 2.78. The average molecular weight is 406 g/mol. The van der Waals surface area contributed by atoms with Crippen molar-refractivity contribution < 1.29 is 4.42 Å². The molecule has 2 aromatic heterocycles. The van der Waals surface area contributed by atoms with Crippen molar-refractivity contribution in [1.29, 1.82) is 0 Å². The molecule has 0 bridgehead atoms. The highest BCUT2D eigenvalue weighted by molar-refractivity contribution is 5.82. The molecule has 1 N–H and O–H groups in total. The molecule has 0 aliphatic carbocycles. The number of aryl methyl sites for hydroxylation is 3. The maximum atomic E-state index is 6.32. The summed E-state index contributed by atoms with van der Waals surface area (Å²) in [6, 6.07) is 26.6. The van der Waals surface area contributed by atoms with Crippen LogP contribution in [0.4, 0.5) is 5.82 Å². The molecule has 2 heterocycles. The molecule has 31 heavy (non-hydrogen) atoms. The Kier molecular flexibility index (Phi) is 4.75. The van der Waals surface area contributed by atoms with E-state index in [1.54, 1.807) is 0 Å². The standard InChI is InChI=1S/C27H23N3O/c1-17-8-10-21(11-9-17)25-16-24(22-15-18(2)14-19(3)27(22)31-25)29-30-26-13-12-20-6-4-5-7-23(20)28-26/h4-16H,1-3H3,(H,28,30)/b29-24+. The monoisotopic (exact) mass is 405 g/mol. The molecule has 0 saturated carbocycles. The van der Waals surface area contributed by atoms with Crippen LogP contribution in [0.1, 0.15) is 16.7 Å². The number of anilines is 1. The molecule has 0 atom stereocenters. The molecule has 0 aliphatic heterocycles. The van der Waals surface area contributed by atoms with Gasteiger partial charge in [-0.15, -0.1) is 0 Å². The third-order valence-electron chi connectivity index (χ3n) is 5.40. The van der Waals surface area contributed by atoms with Gasteiger partial charge in [-0.1, -0.05) is 54.1 Å². The van der Waals surface area contributed by atoms with Crippen LogP contribution in [0.15, 0.2) is 88.4 Å². The predicted octanol–water partition coefficient (Wildman–Crippen LogP) is 6.50. The Morgan fingerprint density at radius 1 is 0.806 bits per heavy atom. The highest BCUT2D eigenvalue weighted by Gasteiger charge is 2.09. The first-order chi connectivity index (χ1) is 15.1. The Morgan fingerprint density at radius 3 is 2.45 bits per heavy atom. The Morgan fingerprint density at radius 2 is 1.61 bits per heavy atom. The number of nitrogens with one attached hydrogen (secondary N) is 1. The van der Waals surface area contributed by atoms with E-state index in [4.69, 9.17) is 9.52 Å². The first kappa shape index (κ1) is 19.1. The quantitative estimate of drug-likeness (QED) is 0.349. The summed E-state index contributed by atoms with van der Waals surface area (Å²) in [5.41, 5.74) is 9.41. The van der Waals surface area contributed by atoms with E-state index in [0.717, 1.165) is 44.1 Å². The van der Waals surface area contributed by atoms with E-state index in [2.05, 4.69) is 73.6 Å². The third-order valence-corrected chi connectivity index (χ3v) is 5.40. The fourth-order valence-electron chi connectivity index (χ4n) is 3.82. The lowest BCUT2D eigenvalue weighted by Crippen LogP contribution is -2.09. The summed E-state index contributed by atoms with van der Waals surface area (Å²) in [4.78, 5) is 4.67. The lowest BCUT2D eigenvalue weighted by atomic mass is 10.1. The van der Waals surface area contributed by atoms with Crippen LogP contribution in [0, 0.1) is 20.8 Å². The molecule has 4 heteroatoms. The predicted molar refractivity (Wildman–Crippen MR) is 127 cm³/mol. The summed E-state index contributed by atoms with van der Waals surface area (Å²) in [5.74, 6) is 1.49. The zero-order valence-electron chi connectivity index (χ0n) is 17.8. The van der Waals surface area contributed by atoms with Gasteiger partial charge in [0.2, 0.25) is 0 Å². The molecule has 0 fully saturated rings. The van der Waals surface area contributed by atoms with Crippen LogP contribution in [0.2, 0.25) is 0 Å². The van der Waals surface area contributed by atoms with Gasteiger partial charge in [0.15, 0.2) is 0 Å². The molecule has 5 rings (SSSR count). The van der Waals surface area contributed by atoms with Gasteiger partial charge >= 0.3 is 0 Å². The van der Waals surface area contributed by atoms with E-state index >= 15 is 0 Å². The second kappa shape index (κ2) is 7.73. The van der Waals surface area contributed by atoms with Crippen LogP contribution in [0.3, 0.4) is 0 Å². The summed E-state index contributed by atoms with van der Waals surface area (Å²) in [6.07, 6.45) is 0. The van der Waals surface area contributed by atoms with Crippen molar-refractivity contribution in [1.82, 2.24) is 4.98 Å². The second-order valence-corrected chi connectivity index (χ2v) is 7.93. The van der Waals surface area contributed by atoms with Crippen molar-refractivity contribution in [3.05, 3.63) is 101 Å². The van der Waals surface area contributed by atoms with Gasteiger partial charge in [0, 0.05) is 22.4 Å². The molecule has 152 valence electrons. The SMILES string of the molecule is Cc1ccc(-c2c/c(=N\Nc3ccc4ccccc4n3)c3cc(C)cc(C)c3o2)cc1. The van der Waals surface area contributed by atoms with E-state index < -0.39 is 0 Å². The van der Waals surface area contributed by atoms with Crippen LogP contribution in [-0.2, 0) is 0 Å². The number of rotatable bonds is 3. The van der Waals surface area contributed by atoms with Gasteiger partial charge in [-0.05, 0) is 56.2 Å². The molecule has 0 amide bonds. The maximum Gasteiger partial charge on any atom is 0.146 e. The largest absolute Gasteiger partial charge is 0.456 e. The molecule has 0 aliphatic rings. The van der Waals surface area contributed by atoms with E-state index in [9.17, 15) is 0 Å². The number of benzene rings is 3. The lowest BCUT2D eigenvalue weighted by molar-refractivity contribution is 0.615. The summed E-state index contributed by atoms with van der Waals surface area (Å²) in [5, 5.41) is 7.62. The van der Waals surface area contributed by atoms with Gasteiger partial charge in [0.1, 0.15) is 17.2 Å². The first-order valence-electron chi connectivity index (χ1n) is 10.3. The molecular weight excluding hydrogens is 382 g/mol. The van der Waals surface area contributed by atoms with Crippen LogP contribution >= 0.6 is 0 Å². The molecule has 0 radical (unpaired) electrons. The van der Waals surface area contributed by atoms with Gasteiger partial charge in [0.05, 0.1) is 10.9 Å². The van der Waals surface area contributed by atoms with Gasteiger partial charge < -0.3 is 4.42 Å². The van der Waals surface area contributed by atoms with Crippen molar-refractivity contribution >= 4 is 27.7 Å². The molecule has 5 aromatic rings. The lowest BCUT2D eigenvalue weighted by Gasteiger charge is -2.09. The Labute approximate surface area is 180 Å². The van der Waals surface area contributed by atoms with Crippen LogP contribution in [-0.4, -0.2) is 4.98 Å². The molecule has 3 aromatic carbocycles. The number of pyridine rings is 1. The van der Waals surface area contributed by atoms with E-state index in [1.165, 1.54) is 11.1 Å². The first-order valence-corrected chi connectivity index (χ1v) is 10.3. The maximum absolute atomic E-state index is 6.32. The van der Waals surface area contributed by atoms with Crippen molar-refractivity contribution in [3.8, 4) is 11.3 Å². The van der Waals surface area contributed by atoms with Gasteiger partial charge in [-0.2, -0.15) is 5.10 Å². The minimum atomic E-state index is 0.703. The topological polar surface area (TPSA) is 50.4 Å². The number of hydrogen-bond acceptors (Lipinski definition) is 4. The number of nitrogens with zero attached hydrogens (tertiary/aromatic N) is 2. The van der Waals surface area contributed by atoms with Crippen molar-refractivity contribution in [2.24, 2.45) is 5.10 Å². The van der Waals surface area contributed by atoms with Crippen LogP contribution in [0.5, 0.6) is 0 Å². The summed E-state index contributed by atoms with van der Waals surface area (Å²) in [7, 11) is 0. The van der Waals surface area contributed by atoms with Gasteiger partial charge in [0.25, 0.3) is 0 Å². The molecule has 0 spiro atoms. The Bertz CT molecular complexity index is 1480. The highest BCUT2D eigenvalue weighted by Crippen LogP contribution is 2.25. The minimum absolute atomic E-state index is 0.703. The summed E-state index contributed by atoms with van der Waals surface area (Å²) >= 11 is 0. The third kappa shape index (κ3) is 3.80. The van der Waals surface area contributed by atoms with Crippen molar-refractivity contribution in [2.75, 3.05) is 5.43 Å². The molecule has 0 saturated heterocycles. The zero-order valence-corrected chi connectivity index (χ0v) is 17.8. The fraction of sp³-hybridized carbons (Fsp3) is 0.111. The second-order valence-electron chi connectivity index (χ2n) is 7.93. The fourth-order valence-corrected chi connectivity index (χ4v) is 3.82. The van der Waals surface area contributed by atoms with E-state index in [0.29, 0.717) is 5.82 Å². The highest BCUT2D eigenvalue weighted by atomic mass is 16.3. The molecule has 0 unspecified atom stereocenters. The van der Waals surface area contributed by atoms with Gasteiger partial charge in [-0.25, -0.2) is 4.98 Å². The van der Waals surface area contributed by atoms with E-state index in [-0.39, 0.29) is 0 Å². The zero-order chi connectivity index (χ0) is 21.4.